The zero-order chi connectivity index (χ0) is 22.0. The van der Waals surface area contributed by atoms with Crippen LogP contribution in [-0.4, -0.2) is 38.8 Å². The monoisotopic (exact) mass is 414 g/mol. The van der Waals surface area contributed by atoms with E-state index in [4.69, 9.17) is 4.74 Å². The van der Waals surface area contributed by atoms with Gasteiger partial charge in [-0.25, -0.2) is 14.3 Å². The number of fused-ring (bicyclic) bond motifs is 1. The first-order valence-corrected chi connectivity index (χ1v) is 9.08. The lowest BCUT2D eigenvalue weighted by Gasteiger charge is -2.29. The number of alkyl halides is 3. The van der Waals surface area contributed by atoms with Crippen LogP contribution in [0.4, 0.5) is 18.0 Å². The predicted octanol–water partition coefficient (Wildman–Crippen LogP) is 4.48. The Balaban J connectivity index is 2.31. The summed E-state index contributed by atoms with van der Waals surface area (Å²) >= 11 is 0. The predicted molar refractivity (Wildman–Crippen MR) is 99.6 cm³/mol. The van der Waals surface area contributed by atoms with Gasteiger partial charge in [0.2, 0.25) is 0 Å². The lowest BCUT2D eigenvalue weighted by molar-refractivity contribution is -0.214. The van der Waals surface area contributed by atoms with Crippen molar-refractivity contribution < 1.29 is 27.5 Å². The number of ether oxygens (including phenoxy) is 1. The highest BCUT2D eigenvalue weighted by molar-refractivity contribution is 5.76. The number of nitrogens with zero attached hydrogens (tertiary/aromatic N) is 3. The summed E-state index contributed by atoms with van der Waals surface area (Å²) in [6.45, 7) is 7.27. The number of halogens is 3. The average molecular weight is 414 g/mol. The molecule has 2 aromatic heterocycles. The number of carbonyl (C=O) groups excluding carboxylic acids is 2. The maximum absolute atomic E-state index is 13.2. The number of alkyl carbamates (subject to hydrolysis) is 1. The molecular formula is C19H25F3N4O3. The molecule has 0 aliphatic heterocycles. The van der Waals surface area contributed by atoms with E-state index in [0.29, 0.717) is 23.2 Å². The van der Waals surface area contributed by atoms with Gasteiger partial charge in [-0.3, -0.25) is 4.79 Å². The van der Waals surface area contributed by atoms with Crippen LogP contribution in [0.1, 0.15) is 69.6 Å². The number of nitrogens with one attached hydrogen (secondary N) is 1. The molecule has 0 aliphatic carbocycles. The molecule has 0 spiro atoms. The van der Waals surface area contributed by atoms with Crippen LogP contribution in [0.2, 0.25) is 0 Å². The van der Waals surface area contributed by atoms with Crippen molar-refractivity contribution in [1.29, 1.82) is 0 Å². The van der Waals surface area contributed by atoms with Gasteiger partial charge in [-0.1, -0.05) is 13.8 Å². The Hall–Kier alpha value is -2.65. The highest BCUT2D eigenvalue weighted by Crippen LogP contribution is 2.42. The Kier molecular flexibility index (Phi) is 6.24. The molecule has 0 bridgehead atoms. The Bertz CT molecular complexity index is 885. The molecule has 7 nitrogen and oxygen atoms in total. The van der Waals surface area contributed by atoms with Gasteiger partial charge in [0.25, 0.3) is 0 Å². The van der Waals surface area contributed by atoms with Gasteiger partial charge in [0.1, 0.15) is 5.60 Å². The zero-order valence-corrected chi connectivity index (χ0v) is 17.0. The summed E-state index contributed by atoms with van der Waals surface area (Å²) in [4.78, 5) is 27.5. The van der Waals surface area contributed by atoms with Crippen LogP contribution in [0.25, 0.3) is 5.65 Å². The van der Waals surface area contributed by atoms with E-state index in [1.807, 2.05) is 0 Å². The first-order chi connectivity index (χ1) is 13.2. The third-order valence-electron chi connectivity index (χ3n) is 4.37. The van der Waals surface area contributed by atoms with E-state index in [1.165, 1.54) is 23.0 Å². The van der Waals surface area contributed by atoms with Gasteiger partial charge in [-0.2, -0.15) is 18.3 Å². The molecule has 2 aromatic rings. The summed E-state index contributed by atoms with van der Waals surface area (Å²) in [7, 11) is 0. The maximum Gasteiger partial charge on any atom is 0.408 e. The molecule has 1 N–H and O–H groups in total. The van der Waals surface area contributed by atoms with Crippen molar-refractivity contribution in [1.82, 2.24) is 19.9 Å². The first-order valence-electron chi connectivity index (χ1n) is 9.08. The largest absolute Gasteiger partial charge is 0.444 e. The molecule has 1 atom stereocenters. The molecule has 0 saturated carbocycles. The number of imidazole rings is 1. The van der Waals surface area contributed by atoms with E-state index < -0.39 is 29.3 Å². The summed E-state index contributed by atoms with van der Waals surface area (Å²) in [5, 5.41) is 6.64. The van der Waals surface area contributed by atoms with E-state index in [-0.39, 0.29) is 12.8 Å². The lowest BCUT2D eigenvalue weighted by atomic mass is 9.85. The van der Waals surface area contributed by atoms with E-state index in [2.05, 4.69) is 15.4 Å². The Labute approximate surface area is 166 Å². The van der Waals surface area contributed by atoms with Crippen molar-refractivity contribution in [2.75, 3.05) is 0 Å². The summed E-state index contributed by atoms with van der Waals surface area (Å²) in [6.07, 6.45) is -1.94. The van der Waals surface area contributed by atoms with Crippen molar-refractivity contribution in [3.8, 4) is 0 Å². The number of amides is 1. The van der Waals surface area contributed by atoms with Crippen molar-refractivity contribution in [2.45, 2.75) is 65.3 Å². The normalized spacial score (nSPS) is 13.9. The van der Waals surface area contributed by atoms with Crippen molar-refractivity contribution in [3.05, 3.63) is 29.7 Å². The van der Waals surface area contributed by atoms with Crippen LogP contribution in [0.3, 0.4) is 0 Å². The molecule has 1 amide bonds. The first kappa shape index (κ1) is 22.6. The number of rotatable bonds is 6. The van der Waals surface area contributed by atoms with Gasteiger partial charge in [-0.05, 0) is 39.7 Å². The Morgan fingerprint density at radius 2 is 1.93 bits per heavy atom. The number of carbonyl (C=O) groups is 2. The van der Waals surface area contributed by atoms with Crippen LogP contribution in [-0.2, 0) is 4.74 Å². The molecule has 29 heavy (non-hydrogen) atoms. The SMILES string of the molecule is CC(C)(C)OC(=O)N[C@@H](CCC(C)(C)C(F)(F)F)c1cn2ncc(C=O)cc2n1. The fourth-order valence-electron chi connectivity index (χ4n) is 2.53. The van der Waals surface area contributed by atoms with Crippen LogP contribution in [0.5, 0.6) is 0 Å². The summed E-state index contributed by atoms with van der Waals surface area (Å²) in [5.41, 5.74) is -1.73. The second-order valence-electron chi connectivity index (χ2n) is 8.49. The fraction of sp³-hybridized carbons (Fsp3) is 0.579. The molecule has 10 heteroatoms. The van der Waals surface area contributed by atoms with Crippen LogP contribution >= 0.6 is 0 Å². The zero-order valence-electron chi connectivity index (χ0n) is 17.0. The molecular weight excluding hydrogens is 389 g/mol. The van der Waals surface area contributed by atoms with Gasteiger partial charge >= 0.3 is 12.3 Å². The summed E-state index contributed by atoms with van der Waals surface area (Å²) < 4.78 is 46.4. The molecule has 0 radical (unpaired) electrons. The third kappa shape index (κ3) is 5.91. The number of aldehydes is 1. The molecule has 0 fully saturated rings. The quantitative estimate of drug-likeness (QED) is 0.705. The Morgan fingerprint density at radius 3 is 2.48 bits per heavy atom. The van der Waals surface area contributed by atoms with Gasteiger partial charge in [0.05, 0.1) is 29.5 Å². The number of aromatic nitrogens is 3. The third-order valence-corrected chi connectivity index (χ3v) is 4.37. The van der Waals surface area contributed by atoms with Crippen molar-refractivity contribution >= 4 is 18.0 Å². The standard InChI is InChI=1S/C19H25F3N4O3/c1-17(2,3)29-16(28)25-13(6-7-18(4,5)19(20,21)22)14-10-26-15(24-14)8-12(11-27)9-23-26/h8-11,13H,6-7H2,1-5H3,(H,25,28)/t13-/m0/s1. The van der Waals surface area contributed by atoms with E-state index in [1.54, 1.807) is 20.8 Å². The smallest absolute Gasteiger partial charge is 0.408 e. The van der Waals surface area contributed by atoms with E-state index in [0.717, 1.165) is 13.8 Å². The second kappa shape index (κ2) is 8.00. The molecule has 2 heterocycles. The molecule has 160 valence electrons. The van der Waals surface area contributed by atoms with E-state index in [9.17, 15) is 22.8 Å². The minimum atomic E-state index is -4.39. The molecule has 0 unspecified atom stereocenters. The van der Waals surface area contributed by atoms with Crippen LogP contribution in [0, 0.1) is 5.41 Å². The van der Waals surface area contributed by atoms with Crippen molar-refractivity contribution in [2.24, 2.45) is 5.41 Å². The van der Waals surface area contributed by atoms with Gasteiger partial charge in [0.15, 0.2) is 11.9 Å². The number of hydrogen-bond donors (Lipinski definition) is 1. The highest BCUT2D eigenvalue weighted by atomic mass is 19.4. The summed E-state index contributed by atoms with van der Waals surface area (Å²) in [5.74, 6) is 0. The van der Waals surface area contributed by atoms with Crippen LogP contribution in [0.15, 0.2) is 18.5 Å². The minimum Gasteiger partial charge on any atom is -0.444 e. The van der Waals surface area contributed by atoms with Gasteiger partial charge < -0.3 is 10.1 Å². The lowest BCUT2D eigenvalue weighted by Crippen LogP contribution is -2.37. The fourth-order valence-corrected chi connectivity index (χ4v) is 2.53. The van der Waals surface area contributed by atoms with E-state index >= 15 is 0 Å². The highest BCUT2D eigenvalue weighted by Gasteiger charge is 2.47. The minimum absolute atomic E-state index is 0.0177. The molecule has 0 saturated heterocycles. The summed E-state index contributed by atoms with van der Waals surface area (Å²) in [6, 6.07) is 0.668. The van der Waals surface area contributed by atoms with Gasteiger partial charge in [0, 0.05) is 5.56 Å². The topological polar surface area (TPSA) is 85.6 Å². The number of hydrogen-bond acceptors (Lipinski definition) is 5. The Morgan fingerprint density at radius 1 is 1.28 bits per heavy atom. The second-order valence-corrected chi connectivity index (χ2v) is 8.49. The maximum atomic E-state index is 13.2. The average Bonchev–Trinajstić information content (AvgIpc) is 2.98. The molecule has 0 aliphatic rings. The van der Waals surface area contributed by atoms with Gasteiger partial charge in [-0.15, -0.1) is 0 Å². The van der Waals surface area contributed by atoms with Crippen molar-refractivity contribution in [3.63, 3.8) is 0 Å². The van der Waals surface area contributed by atoms with Crippen LogP contribution < -0.4 is 5.32 Å². The molecule has 0 aromatic carbocycles. The molecule has 2 rings (SSSR count).